The Morgan fingerprint density at radius 1 is 0.373 bits per heavy atom. The van der Waals surface area contributed by atoms with Crippen LogP contribution in [0.15, 0.2) is 199 Å². The van der Waals surface area contributed by atoms with Crippen LogP contribution in [0.25, 0.3) is 71.7 Å². The predicted molar refractivity (Wildman–Crippen MR) is 214 cm³/mol. The number of hydrogen-bond donors (Lipinski definition) is 0. The molecule has 0 fully saturated rings. The van der Waals surface area contributed by atoms with Crippen LogP contribution in [0, 0.1) is 0 Å². The zero-order valence-corrected chi connectivity index (χ0v) is 27.8. The van der Waals surface area contributed by atoms with Crippen LogP contribution in [0.1, 0.15) is 0 Å². The molecular weight excluding hydrogens is 621 g/mol. The molecular formula is C48H32N2O. The second-order valence-corrected chi connectivity index (χ2v) is 13.0. The first kappa shape index (κ1) is 29.1. The lowest BCUT2D eigenvalue weighted by atomic mass is 9.99. The van der Waals surface area contributed by atoms with Crippen molar-refractivity contribution in [1.82, 2.24) is 4.57 Å². The highest BCUT2D eigenvalue weighted by atomic mass is 16.3. The maximum atomic E-state index is 6.18. The van der Waals surface area contributed by atoms with Gasteiger partial charge >= 0.3 is 0 Å². The molecule has 2 heterocycles. The first-order valence-corrected chi connectivity index (χ1v) is 17.4. The molecule has 0 aliphatic carbocycles. The van der Waals surface area contributed by atoms with Gasteiger partial charge in [-0.1, -0.05) is 121 Å². The molecule has 240 valence electrons. The summed E-state index contributed by atoms with van der Waals surface area (Å²) in [7, 11) is 0. The van der Waals surface area contributed by atoms with Crippen LogP contribution in [-0.2, 0) is 0 Å². The second-order valence-electron chi connectivity index (χ2n) is 13.0. The maximum absolute atomic E-state index is 6.18. The van der Waals surface area contributed by atoms with E-state index in [0.29, 0.717) is 0 Å². The van der Waals surface area contributed by atoms with E-state index in [1.165, 1.54) is 38.5 Å². The smallest absolute Gasteiger partial charge is 0.136 e. The van der Waals surface area contributed by atoms with Crippen LogP contribution in [-0.4, -0.2) is 4.57 Å². The summed E-state index contributed by atoms with van der Waals surface area (Å²) in [4.78, 5) is 2.32. The van der Waals surface area contributed by atoms with E-state index < -0.39 is 0 Å². The van der Waals surface area contributed by atoms with Crippen molar-refractivity contribution < 1.29 is 4.42 Å². The Bertz CT molecular complexity index is 2790. The van der Waals surface area contributed by atoms with Crippen molar-refractivity contribution in [2.24, 2.45) is 0 Å². The van der Waals surface area contributed by atoms with Gasteiger partial charge in [0, 0.05) is 44.3 Å². The summed E-state index contributed by atoms with van der Waals surface area (Å²) < 4.78 is 8.56. The molecule has 10 rings (SSSR count). The molecule has 8 aromatic carbocycles. The van der Waals surface area contributed by atoms with Gasteiger partial charge in [0.05, 0.1) is 11.0 Å². The number of furan rings is 1. The molecule has 2 aromatic heterocycles. The van der Waals surface area contributed by atoms with Crippen LogP contribution in [0.2, 0.25) is 0 Å². The highest BCUT2D eigenvalue weighted by Gasteiger charge is 2.16. The van der Waals surface area contributed by atoms with Gasteiger partial charge in [0.1, 0.15) is 11.2 Å². The van der Waals surface area contributed by atoms with Crippen molar-refractivity contribution in [2.45, 2.75) is 0 Å². The van der Waals surface area contributed by atoms with Crippen LogP contribution in [0.4, 0.5) is 17.1 Å². The van der Waals surface area contributed by atoms with Crippen molar-refractivity contribution in [1.29, 1.82) is 0 Å². The summed E-state index contributed by atoms with van der Waals surface area (Å²) in [5.74, 6) is 0. The highest BCUT2D eigenvalue weighted by Crippen LogP contribution is 2.40. The summed E-state index contributed by atoms with van der Waals surface area (Å²) >= 11 is 0. The molecule has 0 aliphatic rings. The summed E-state index contributed by atoms with van der Waals surface area (Å²) in [5, 5.41) is 4.82. The van der Waals surface area contributed by atoms with E-state index in [2.05, 4.69) is 191 Å². The molecule has 51 heavy (non-hydrogen) atoms. The first-order valence-electron chi connectivity index (χ1n) is 17.4. The number of aromatic nitrogens is 1. The molecule has 0 amide bonds. The van der Waals surface area contributed by atoms with Gasteiger partial charge in [-0.3, -0.25) is 0 Å². The van der Waals surface area contributed by atoms with E-state index in [0.717, 1.165) is 50.3 Å². The molecule has 3 heteroatoms. The summed E-state index contributed by atoms with van der Waals surface area (Å²) in [6, 6.07) is 69.1. The van der Waals surface area contributed by atoms with E-state index in [-0.39, 0.29) is 0 Å². The number of fused-ring (bicyclic) bond motifs is 6. The Kier molecular flexibility index (Phi) is 6.81. The number of para-hydroxylation sites is 4. The predicted octanol–water partition coefficient (Wildman–Crippen LogP) is 13.5. The van der Waals surface area contributed by atoms with Gasteiger partial charge in [-0.15, -0.1) is 0 Å². The summed E-state index contributed by atoms with van der Waals surface area (Å²) in [6.45, 7) is 0. The lowest BCUT2D eigenvalue weighted by Gasteiger charge is -2.26. The first-order chi connectivity index (χ1) is 25.3. The van der Waals surface area contributed by atoms with Gasteiger partial charge in [-0.2, -0.15) is 0 Å². The average molecular weight is 653 g/mol. The minimum atomic E-state index is 0.907. The maximum Gasteiger partial charge on any atom is 0.136 e. The molecule has 0 unspecified atom stereocenters. The minimum Gasteiger partial charge on any atom is -0.456 e. The van der Waals surface area contributed by atoms with Crippen LogP contribution in [0.3, 0.4) is 0 Å². The number of rotatable bonds is 6. The van der Waals surface area contributed by atoms with Crippen molar-refractivity contribution >= 4 is 60.8 Å². The molecule has 0 saturated carbocycles. The fraction of sp³-hybridized carbons (Fsp3) is 0. The fourth-order valence-corrected chi connectivity index (χ4v) is 7.66. The van der Waals surface area contributed by atoms with E-state index in [1.54, 1.807) is 0 Å². The lowest BCUT2D eigenvalue weighted by molar-refractivity contribution is 0.669. The Hall–Kier alpha value is -6.84. The molecule has 0 radical (unpaired) electrons. The third-order valence-corrected chi connectivity index (χ3v) is 10.00. The zero-order valence-electron chi connectivity index (χ0n) is 27.8. The van der Waals surface area contributed by atoms with Crippen LogP contribution in [0.5, 0.6) is 0 Å². The van der Waals surface area contributed by atoms with Gasteiger partial charge in [0.25, 0.3) is 0 Å². The van der Waals surface area contributed by atoms with Gasteiger partial charge in [-0.25, -0.2) is 0 Å². The van der Waals surface area contributed by atoms with Gasteiger partial charge < -0.3 is 13.9 Å². The Balaban J connectivity index is 1.02. The van der Waals surface area contributed by atoms with Crippen LogP contribution < -0.4 is 4.90 Å². The quantitative estimate of drug-likeness (QED) is 0.178. The molecule has 0 spiro atoms. The average Bonchev–Trinajstić information content (AvgIpc) is 3.75. The zero-order chi connectivity index (χ0) is 33.7. The third-order valence-electron chi connectivity index (χ3n) is 10.00. The Labute approximate surface area is 295 Å². The van der Waals surface area contributed by atoms with Gasteiger partial charge in [0.15, 0.2) is 0 Å². The third kappa shape index (κ3) is 4.90. The van der Waals surface area contributed by atoms with Gasteiger partial charge in [0.2, 0.25) is 0 Å². The van der Waals surface area contributed by atoms with E-state index in [9.17, 15) is 0 Å². The Morgan fingerprint density at radius 2 is 0.922 bits per heavy atom. The lowest BCUT2D eigenvalue weighted by Crippen LogP contribution is -2.09. The SMILES string of the molecule is c1ccc(N(c2ccc(-c3cccc(-n4c5ccccc5c5ccccc54)c3)cc2)c2ccc(-c3cccc4oc5ccccc5c34)cc2)cc1. The highest BCUT2D eigenvalue weighted by molar-refractivity contribution is 6.12. The fourth-order valence-electron chi connectivity index (χ4n) is 7.66. The number of hydrogen-bond acceptors (Lipinski definition) is 2. The minimum absolute atomic E-state index is 0.907. The molecule has 0 atom stereocenters. The molecule has 10 aromatic rings. The molecule has 0 N–H and O–H groups in total. The number of benzene rings is 8. The topological polar surface area (TPSA) is 21.3 Å². The van der Waals surface area contributed by atoms with Crippen molar-refractivity contribution in [3.63, 3.8) is 0 Å². The molecule has 0 saturated heterocycles. The van der Waals surface area contributed by atoms with Gasteiger partial charge in [-0.05, 0) is 95.1 Å². The second kappa shape index (κ2) is 11.9. The van der Waals surface area contributed by atoms with Crippen molar-refractivity contribution in [3.05, 3.63) is 194 Å². The van der Waals surface area contributed by atoms with E-state index in [4.69, 9.17) is 4.42 Å². The molecule has 0 aliphatic heterocycles. The van der Waals surface area contributed by atoms with E-state index >= 15 is 0 Å². The molecule has 3 nitrogen and oxygen atoms in total. The van der Waals surface area contributed by atoms with Crippen LogP contribution >= 0.6 is 0 Å². The van der Waals surface area contributed by atoms with E-state index in [1.807, 2.05) is 12.1 Å². The Morgan fingerprint density at radius 3 is 1.63 bits per heavy atom. The summed E-state index contributed by atoms with van der Waals surface area (Å²) in [6.07, 6.45) is 0. The number of anilines is 3. The standard InChI is InChI=1S/C48H32N2O/c1-2-13-36(14-3-1)49(38-30-26-34(27-31-38)40-19-11-23-47-48(40)43-18-6-9-22-46(43)51-47)37-28-24-33(25-29-37)35-12-10-15-39(32-35)50-44-20-7-4-16-41(44)42-17-5-8-21-45(42)50/h1-32H. The van der Waals surface area contributed by atoms with Crippen molar-refractivity contribution in [3.8, 4) is 27.9 Å². The largest absolute Gasteiger partial charge is 0.456 e. The number of nitrogens with zero attached hydrogens (tertiary/aromatic N) is 2. The summed E-state index contributed by atoms with van der Waals surface area (Å²) in [5.41, 5.74) is 13.4. The monoisotopic (exact) mass is 652 g/mol. The van der Waals surface area contributed by atoms with Crippen molar-refractivity contribution in [2.75, 3.05) is 4.90 Å². The normalized spacial score (nSPS) is 11.5. The molecule has 0 bridgehead atoms.